The third-order valence-corrected chi connectivity index (χ3v) is 9.26. The quantitative estimate of drug-likeness (QED) is 0.460. The smallest absolute Gasteiger partial charge is 0.326 e. The topological polar surface area (TPSA) is 115 Å². The molecule has 3 aliphatic rings. The van der Waals surface area contributed by atoms with E-state index in [0.29, 0.717) is 17.4 Å². The van der Waals surface area contributed by atoms with Crippen molar-refractivity contribution in [3.8, 4) is 11.5 Å². The zero-order chi connectivity index (χ0) is 30.0. The van der Waals surface area contributed by atoms with Gasteiger partial charge in [0.05, 0.1) is 37.2 Å². The van der Waals surface area contributed by atoms with Crippen molar-refractivity contribution in [1.82, 2.24) is 9.88 Å². The Bertz CT molecular complexity index is 1320. The zero-order valence-electron chi connectivity index (χ0n) is 25.3. The van der Waals surface area contributed by atoms with E-state index in [1.54, 1.807) is 7.11 Å². The second kappa shape index (κ2) is 12.5. The zero-order valence-corrected chi connectivity index (χ0v) is 25.3. The number of pyridine rings is 1. The fraction of sp³-hybridized carbons (Fsp3) is 0.636. The molecule has 1 amide bonds. The van der Waals surface area contributed by atoms with E-state index in [4.69, 9.17) is 19.2 Å². The van der Waals surface area contributed by atoms with Crippen LogP contribution in [-0.2, 0) is 25.5 Å². The summed E-state index contributed by atoms with van der Waals surface area (Å²) >= 11 is 0. The highest BCUT2D eigenvalue weighted by molar-refractivity contribution is 5.89. The number of methoxy groups -OCH3 is 1. The molecular formula is C33H44N2O7. The van der Waals surface area contributed by atoms with Crippen LogP contribution in [0.3, 0.4) is 0 Å². The molecule has 1 saturated carbocycles. The molecule has 1 aromatic carbocycles. The van der Waals surface area contributed by atoms with Crippen molar-refractivity contribution in [2.24, 2.45) is 17.3 Å². The Hall–Kier alpha value is -3.36. The minimum Gasteiger partial charge on any atom is -0.497 e. The van der Waals surface area contributed by atoms with Crippen LogP contribution in [0, 0.1) is 17.3 Å². The van der Waals surface area contributed by atoms with Crippen LogP contribution in [0.25, 0.3) is 10.9 Å². The van der Waals surface area contributed by atoms with Gasteiger partial charge in [0.2, 0.25) is 5.91 Å². The Balaban J connectivity index is 1.49. The molecule has 0 radical (unpaired) electrons. The van der Waals surface area contributed by atoms with E-state index >= 15 is 0 Å². The second-order valence-corrected chi connectivity index (χ2v) is 13.3. The third-order valence-electron chi connectivity index (χ3n) is 9.26. The molecule has 0 unspecified atom stereocenters. The number of carbonyl (C=O) groups is 3. The van der Waals surface area contributed by atoms with Gasteiger partial charge in [-0.25, -0.2) is 9.78 Å². The average Bonchev–Trinajstić information content (AvgIpc) is 3.57. The number of rotatable bonds is 2. The number of aromatic nitrogens is 1. The van der Waals surface area contributed by atoms with Gasteiger partial charge >= 0.3 is 11.9 Å². The van der Waals surface area contributed by atoms with Gasteiger partial charge in [0, 0.05) is 11.8 Å². The summed E-state index contributed by atoms with van der Waals surface area (Å²) in [5.74, 6) is -0.844. The van der Waals surface area contributed by atoms with E-state index in [-0.39, 0.29) is 37.4 Å². The minimum atomic E-state index is -1.08. The lowest BCUT2D eigenvalue weighted by molar-refractivity contribution is -0.159. The van der Waals surface area contributed by atoms with E-state index in [1.807, 2.05) is 45.0 Å². The molecule has 42 heavy (non-hydrogen) atoms. The average molecular weight is 581 g/mol. The molecule has 228 valence electrons. The van der Waals surface area contributed by atoms with E-state index < -0.39 is 29.4 Å². The molecule has 5 rings (SSSR count). The van der Waals surface area contributed by atoms with Crippen molar-refractivity contribution in [2.45, 2.75) is 103 Å². The molecular weight excluding hydrogens is 536 g/mol. The molecule has 1 saturated heterocycles. The summed E-state index contributed by atoms with van der Waals surface area (Å²) in [4.78, 5) is 45.9. The first-order valence-corrected chi connectivity index (χ1v) is 15.4. The van der Waals surface area contributed by atoms with Gasteiger partial charge in [-0.1, -0.05) is 33.6 Å². The van der Waals surface area contributed by atoms with E-state index in [0.717, 1.165) is 68.0 Å². The third kappa shape index (κ3) is 6.65. The van der Waals surface area contributed by atoms with Gasteiger partial charge in [-0.05, 0) is 74.1 Å². The summed E-state index contributed by atoms with van der Waals surface area (Å²) in [7, 11) is 1.62. The summed E-state index contributed by atoms with van der Waals surface area (Å²) < 4.78 is 17.9. The van der Waals surface area contributed by atoms with Crippen LogP contribution < -0.4 is 9.47 Å². The Morgan fingerprint density at radius 1 is 1.05 bits per heavy atom. The molecule has 1 aromatic heterocycles. The van der Waals surface area contributed by atoms with Gasteiger partial charge in [0.1, 0.15) is 29.7 Å². The van der Waals surface area contributed by atoms with E-state index in [2.05, 4.69) is 0 Å². The maximum Gasteiger partial charge on any atom is 0.326 e. The van der Waals surface area contributed by atoms with Gasteiger partial charge in [0.25, 0.3) is 0 Å². The van der Waals surface area contributed by atoms with Crippen molar-refractivity contribution in [3.05, 3.63) is 30.0 Å². The Kier molecular flexibility index (Phi) is 8.94. The van der Waals surface area contributed by atoms with Crippen LogP contribution in [0.2, 0.25) is 0 Å². The van der Waals surface area contributed by atoms with E-state index in [1.165, 1.54) is 4.90 Å². The molecule has 2 fully saturated rings. The molecule has 9 heteroatoms. The Labute approximate surface area is 247 Å². The number of carboxylic acid groups (broad SMARTS) is 1. The van der Waals surface area contributed by atoms with Gasteiger partial charge in [-0.3, -0.25) is 9.59 Å². The molecule has 2 aliphatic heterocycles. The normalized spacial score (nSPS) is 27.8. The summed E-state index contributed by atoms with van der Waals surface area (Å²) in [6.45, 7) is 5.86. The highest BCUT2D eigenvalue weighted by Gasteiger charge is 2.46. The molecule has 1 N–H and O–H groups in total. The number of fused-ring (bicyclic) bond motifs is 5. The molecule has 9 nitrogen and oxygen atoms in total. The van der Waals surface area contributed by atoms with Crippen LogP contribution in [0.4, 0.5) is 0 Å². The van der Waals surface area contributed by atoms with Crippen LogP contribution in [-0.4, -0.2) is 64.7 Å². The number of aliphatic carboxylic acids is 1. The predicted molar refractivity (Wildman–Crippen MR) is 157 cm³/mol. The number of amides is 1. The van der Waals surface area contributed by atoms with Crippen LogP contribution >= 0.6 is 0 Å². The maximum absolute atomic E-state index is 14.0. The van der Waals surface area contributed by atoms with Crippen molar-refractivity contribution < 1.29 is 33.7 Å². The van der Waals surface area contributed by atoms with Gasteiger partial charge in [-0.15, -0.1) is 0 Å². The summed E-state index contributed by atoms with van der Waals surface area (Å²) in [6, 6.07) is 6.65. The van der Waals surface area contributed by atoms with Gasteiger partial charge in [-0.2, -0.15) is 0 Å². The number of carbonyl (C=O) groups excluding carboxylic acids is 2. The van der Waals surface area contributed by atoms with Crippen LogP contribution in [0.15, 0.2) is 24.3 Å². The van der Waals surface area contributed by atoms with Crippen LogP contribution in [0.5, 0.6) is 11.5 Å². The lowest BCUT2D eigenvalue weighted by Gasteiger charge is -2.34. The summed E-state index contributed by atoms with van der Waals surface area (Å²) in [6.07, 6.45) is 7.11. The van der Waals surface area contributed by atoms with Crippen molar-refractivity contribution in [1.29, 1.82) is 0 Å². The first-order valence-electron chi connectivity index (χ1n) is 15.4. The molecule has 2 bridgehead atoms. The minimum absolute atomic E-state index is 0.0690. The Morgan fingerprint density at radius 3 is 2.57 bits per heavy atom. The fourth-order valence-corrected chi connectivity index (χ4v) is 6.83. The number of aryl methyl sites for hydroxylation is 1. The number of ether oxygens (including phenoxy) is 3. The number of hydrogen-bond donors (Lipinski definition) is 1. The van der Waals surface area contributed by atoms with Crippen LogP contribution in [0.1, 0.15) is 84.3 Å². The SMILES string of the molecule is COc1ccc2nc3c(cc2c1)O[C@@H]1C[C@@H](C(=O)O)N(C1)C(=O)[C@H](C(C)(C)C)CC(=O)O[C@@H]1CCC[C@H]1CCCCC3. The highest BCUT2D eigenvalue weighted by Crippen LogP contribution is 2.37. The van der Waals surface area contributed by atoms with Crippen molar-refractivity contribution >= 4 is 28.7 Å². The first kappa shape index (κ1) is 30.1. The first-order chi connectivity index (χ1) is 20.0. The maximum atomic E-state index is 14.0. The second-order valence-electron chi connectivity index (χ2n) is 13.3. The molecule has 0 spiro atoms. The van der Waals surface area contributed by atoms with Crippen molar-refractivity contribution in [2.75, 3.05) is 13.7 Å². The monoisotopic (exact) mass is 580 g/mol. The largest absolute Gasteiger partial charge is 0.497 e. The Morgan fingerprint density at radius 2 is 1.83 bits per heavy atom. The van der Waals surface area contributed by atoms with Gasteiger partial charge < -0.3 is 24.2 Å². The number of esters is 1. The standard InChI is InChI=1S/C33H44N2O7/c1-33(2,3)24-18-30(36)42-28-12-8-10-20(28)9-6-5-7-11-26-29(16-21-15-22(40-4)13-14-25(21)34-26)41-23-17-27(32(38)39)35(19-23)31(24)37/h13-16,20,23-24,27-28H,5-12,17-19H2,1-4H3,(H,38,39)/t20-,23-,24-,27+,28-/m1/s1. The fourth-order valence-electron chi connectivity index (χ4n) is 6.83. The predicted octanol–water partition coefficient (Wildman–Crippen LogP) is 5.56. The summed E-state index contributed by atoms with van der Waals surface area (Å²) in [5, 5.41) is 11.0. The molecule has 2 aromatic rings. The molecule has 5 atom stereocenters. The molecule has 1 aliphatic carbocycles. The lowest BCUT2D eigenvalue weighted by atomic mass is 9.77. The lowest BCUT2D eigenvalue weighted by Crippen LogP contribution is -2.47. The highest BCUT2D eigenvalue weighted by atomic mass is 16.5. The molecule has 3 heterocycles. The summed E-state index contributed by atoms with van der Waals surface area (Å²) in [5.41, 5.74) is 1.11. The number of nitrogens with zero attached hydrogens (tertiary/aromatic N) is 2. The number of carboxylic acids is 1. The van der Waals surface area contributed by atoms with Gasteiger partial charge in [0.15, 0.2) is 0 Å². The number of hydrogen-bond acceptors (Lipinski definition) is 7. The number of benzene rings is 1. The van der Waals surface area contributed by atoms with E-state index in [9.17, 15) is 19.5 Å². The van der Waals surface area contributed by atoms with Crippen molar-refractivity contribution in [3.63, 3.8) is 0 Å².